The van der Waals surface area contributed by atoms with Gasteiger partial charge < -0.3 is 10.2 Å². The lowest BCUT2D eigenvalue weighted by Gasteiger charge is -2.34. The summed E-state index contributed by atoms with van der Waals surface area (Å²) >= 11 is 0. The standard InChI is InChI=1S/C13H17FN2O/c1-9(10-7-15-8-10)13(17)16(2)12-6-4-3-5-11(12)14/h3-6,9-10,15H,7-8H2,1-2H3. The monoisotopic (exact) mass is 236 g/mol. The van der Waals surface area contributed by atoms with Crippen LogP contribution in [-0.4, -0.2) is 26.0 Å². The molecule has 92 valence electrons. The lowest BCUT2D eigenvalue weighted by molar-refractivity contribution is -0.123. The summed E-state index contributed by atoms with van der Waals surface area (Å²) < 4.78 is 13.6. The van der Waals surface area contributed by atoms with Crippen molar-refractivity contribution in [2.45, 2.75) is 6.92 Å². The normalized spacial score (nSPS) is 17.4. The van der Waals surface area contributed by atoms with E-state index in [0.717, 1.165) is 13.1 Å². The molecular formula is C13H17FN2O. The van der Waals surface area contributed by atoms with Crippen LogP contribution in [0.5, 0.6) is 0 Å². The van der Waals surface area contributed by atoms with Crippen molar-refractivity contribution in [1.82, 2.24) is 5.32 Å². The van der Waals surface area contributed by atoms with Gasteiger partial charge in [0.25, 0.3) is 0 Å². The Kier molecular flexibility index (Phi) is 3.43. The average molecular weight is 236 g/mol. The Morgan fingerprint density at radius 3 is 2.65 bits per heavy atom. The van der Waals surface area contributed by atoms with Crippen LogP contribution in [0.1, 0.15) is 6.92 Å². The number of benzene rings is 1. The maximum absolute atomic E-state index is 13.6. The summed E-state index contributed by atoms with van der Waals surface area (Å²) in [5, 5.41) is 3.14. The molecule has 0 aromatic heterocycles. The Bertz CT molecular complexity index is 418. The first-order chi connectivity index (χ1) is 8.11. The predicted molar refractivity (Wildman–Crippen MR) is 65.3 cm³/mol. The van der Waals surface area contributed by atoms with Gasteiger partial charge in [0.05, 0.1) is 5.69 Å². The number of nitrogens with zero attached hydrogens (tertiary/aromatic N) is 1. The van der Waals surface area contributed by atoms with E-state index in [9.17, 15) is 9.18 Å². The molecule has 4 heteroatoms. The topological polar surface area (TPSA) is 32.3 Å². The van der Waals surface area contributed by atoms with Crippen LogP contribution < -0.4 is 10.2 Å². The Hall–Kier alpha value is -1.42. The summed E-state index contributed by atoms with van der Waals surface area (Å²) in [6.45, 7) is 3.65. The summed E-state index contributed by atoms with van der Waals surface area (Å²) in [5.74, 6) is -0.0820. The number of halogens is 1. The molecule has 0 radical (unpaired) electrons. The number of para-hydroxylation sites is 1. The molecule has 1 fully saturated rings. The average Bonchev–Trinajstić information content (AvgIpc) is 2.25. The van der Waals surface area contributed by atoms with E-state index in [1.54, 1.807) is 25.2 Å². The van der Waals surface area contributed by atoms with Crippen LogP contribution in [0.25, 0.3) is 0 Å². The second-order valence-electron chi connectivity index (χ2n) is 4.56. The molecule has 3 nitrogen and oxygen atoms in total. The zero-order valence-electron chi connectivity index (χ0n) is 10.1. The molecule has 1 aliphatic heterocycles. The second-order valence-corrected chi connectivity index (χ2v) is 4.56. The molecule has 17 heavy (non-hydrogen) atoms. The first-order valence-corrected chi connectivity index (χ1v) is 5.84. The Morgan fingerprint density at radius 1 is 1.47 bits per heavy atom. The zero-order valence-corrected chi connectivity index (χ0v) is 10.1. The highest BCUT2D eigenvalue weighted by Gasteiger charge is 2.31. The SMILES string of the molecule is CC(C(=O)N(C)c1ccccc1F)C1CNC1. The molecule has 2 rings (SSSR count). The number of anilines is 1. The maximum atomic E-state index is 13.6. The minimum atomic E-state index is -0.359. The highest BCUT2D eigenvalue weighted by molar-refractivity contribution is 5.94. The van der Waals surface area contributed by atoms with Crippen molar-refractivity contribution in [3.8, 4) is 0 Å². The van der Waals surface area contributed by atoms with E-state index in [4.69, 9.17) is 0 Å². The van der Waals surface area contributed by atoms with Crippen LogP contribution in [0.15, 0.2) is 24.3 Å². The smallest absolute Gasteiger partial charge is 0.230 e. The van der Waals surface area contributed by atoms with Crippen LogP contribution >= 0.6 is 0 Å². The Balaban J connectivity index is 2.11. The fourth-order valence-corrected chi connectivity index (χ4v) is 2.01. The number of carbonyl (C=O) groups excluding carboxylic acids is 1. The molecule has 1 amide bonds. The van der Waals surface area contributed by atoms with Gasteiger partial charge in [-0.1, -0.05) is 19.1 Å². The van der Waals surface area contributed by atoms with Gasteiger partial charge in [-0.2, -0.15) is 0 Å². The van der Waals surface area contributed by atoms with E-state index >= 15 is 0 Å². The van der Waals surface area contributed by atoms with Crippen LogP contribution in [0.4, 0.5) is 10.1 Å². The molecule has 1 unspecified atom stereocenters. The summed E-state index contributed by atoms with van der Waals surface area (Å²) in [7, 11) is 1.63. The van der Waals surface area contributed by atoms with Crippen LogP contribution in [0.2, 0.25) is 0 Å². The van der Waals surface area contributed by atoms with E-state index in [2.05, 4.69) is 5.32 Å². The molecule has 1 N–H and O–H groups in total. The Labute approximate surface area is 101 Å². The molecule has 0 spiro atoms. The van der Waals surface area contributed by atoms with Crippen molar-refractivity contribution in [2.24, 2.45) is 11.8 Å². The lowest BCUT2D eigenvalue weighted by atomic mass is 9.88. The van der Waals surface area contributed by atoms with Crippen LogP contribution in [0.3, 0.4) is 0 Å². The fraction of sp³-hybridized carbons (Fsp3) is 0.462. The molecule has 1 aliphatic rings. The van der Waals surface area contributed by atoms with Gasteiger partial charge in [0.1, 0.15) is 5.82 Å². The largest absolute Gasteiger partial charge is 0.316 e. The van der Waals surface area contributed by atoms with Crippen molar-refractivity contribution >= 4 is 11.6 Å². The zero-order chi connectivity index (χ0) is 12.4. The van der Waals surface area contributed by atoms with Gasteiger partial charge in [-0.15, -0.1) is 0 Å². The number of hydrogen-bond donors (Lipinski definition) is 1. The summed E-state index contributed by atoms with van der Waals surface area (Å²) in [6, 6.07) is 6.35. The number of nitrogens with one attached hydrogen (secondary N) is 1. The fourth-order valence-electron chi connectivity index (χ4n) is 2.01. The van der Waals surface area contributed by atoms with Gasteiger partial charge in [0.2, 0.25) is 5.91 Å². The third-order valence-electron chi connectivity index (χ3n) is 3.45. The third-order valence-corrected chi connectivity index (χ3v) is 3.45. The van der Waals surface area contributed by atoms with Gasteiger partial charge in [0, 0.05) is 13.0 Å². The first kappa shape index (κ1) is 12.0. The highest BCUT2D eigenvalue weighted by Crippen LogP contribution is 2.23. The van der Waals surface area contributed by atoms with E-state index in [1.165, 1.54) is 11.0 Å². The van der Waals surface area contributed by atoms with Crippen molar-refractivity contribution in [3.05, 3.63) is 30.1 Å². The molecule has 1 saturated heterocycles. The maximum Gasteiger partial charge on any atom is 0.230 e. The van der Waals surface area contributed by atoms with E-state index in [1.807, 2.05) is 6.92 Å². The molecule has 1 aromatic carbocycles. The molecule has 1 aromatic rings. The van der Waals surface area contributed by atoms with Gasteiger partial charge >= 0.3 is 0 Å². The highest BCUT2D eigenvalue weighted by atomic mass is 19.1. The summed E-state index contributed by atoms with van der Waals surface area (Å²) in [4.78, 5) is 13.6. The molecule has 1 heterocycles. The third kappa shape index (κ3) is 2.31. The second kappa shape index (κ2) is 4.84. The van der Waals surface area contributed by atoms with Gasteiger partial charge in [-0.25, -0.2) is 4.39 Å². The van der Waals surface area contributed by atoms with Crippen LogP contribution in [-0.2, 0) is 4.79 Å². The molecule has 0 aliphatic carbocycles. The van der Waals surface area contributed by atoms with Crippen molar-refractivity contribution in [3.63, 3.8) is 0 Å². The van der Waals surface area contributed by atoms with Crippen molar-refractivity contribution in [2.75, 3.05) is 25.0 Å². The molecular weight excluding hydrogens is 219 g/mol. The summed E-state index contributed by atoms with van der Waals surface area (Å²) in [5.41, 5.74) is 0.344. The summed E-state index contributed by atoms with van der Waals surface area (Å²) in [6.07, 6.45) is 0. The first-order valence-electron chi connectivity index (χ1n) is 5.84. The number of rotatable bonds is 3. The quantitative estimate of drug-likeness (QED) is 0.865. The molecule has 0 saturated carbocycles. The van der Waals surface area contributed by atoms with Crippen molar-refractivity contribution in [1.29, 1.82) is 0 Å². The molecule has 1 atom stereocenters. The van der Waals surface area contributed by atoms with Crippen molar-refractivity contribution < 1.29 is 9.18 Å². The van der Waals surface area contributed by atoms with Gasteiger partial charge in [-0.3, -0.25) is 4.79 Å². The van der Waals surface area contributed by atoms with E-state index in [-0.39, 0.29) is 17.6 Å². The molecule has 0 bridgehead atoms. The van der Waals surface area contributed by atoms with E-state index < -0.39 is 0 Å². The number of amides is 1. The van der Waals surface area contributed by atoms with Gasteiger partial charge in [-0.05, 0) is 31.1 Å². The van der Waals surface area contributed by atoms with E-state index in [0.29, 0.717) is 11.6 Å². The lowest BCUT2D eigenvalue weighted by Crippen LogP contribution is -2.50. The number of carbonyl (C=O) groups is 1. The number of hydrogen-bond acceptors (Lipinski definition) is 2. The predicted octanol–water partition coefficient (Wildman–Crippen LogP) is 1.64. The minimum Gasteiger partial charge on any atom is -0.316 e. The minimum absolute atomic E-state index is 0.0263. The Morgan fingerprint density at radius 2 is 2.12 bits per heavy atom. The van der Waals surface area contributed by atoms with Gasteiger partial charge in [0.15, 0.2) is 0 Å². The van der Waals surface area contributed by atoms with Crippen LogP contribution in [0, 0.1) is 17.7 Å².